The Morgan fingerprint density at radius 1 is 1.40 bits per heavy atom. The second-order valence-corrected chi connectivity index (χ2v) is 5.47. The van der Waals surface area contributed by atoms with Gasteiger partial charge >= 0.3 is 0 Å². The number of hydrogen-bond acceptors (Lipinski definition) is 3. The number of halogens is 2. The Kier molecular flexibility index (Phi) is 3.68. The molecule has 1 aromatic carbocycles. The summed E-state index contributed by atoms with van der Waals surface area (Å²) < 4.78 is 13.8. The van der Waals surface area contributed by atoms with Gasteiger partial charge in [0.25, 0.3) is 0 Å². The van der Waals surface area contributed by atoms with Crippen LogP contribution in [0.25, 0.3) is 0 Å². The van der Waals surface area contributed by atoms with Crippen LogP contribution < -0.4 is 5.73 Å². The highest BCUT2D eigenvalue weighted by molar-refractivity contribution is 6.31. The van der Waals surface area contributed by atoms with Crippen molar-refractivity contribution in [3.05, 3.63) is 57.9 Å². The number of nitrogens with two attached hydrogens (primary N) is 1. The fourth-order valence-electron chi connectivity index (χ4n) is 2.57. The van der Waals surface area contributed by atoms with E-state index >= 15 is 0 Å². The van der Waals surface area contributed by atoms with Crippen molar-refractivity contribution in [2.24, 2.45) is 5.73 Å². The average Bonchev–Trinajstić information content (AvgIpc) is 2.43. The van der Waals surface area contributed by atoms with Gasteiger partial charge in [-0.05, 0) is 31.4 Å². The second kappa shape index (κ2) is 5.46. The number of hydrogen-bond donors (Lipinski definition) is 1. The summed E-state index contributed by atoms with van der Waals surface area (Å²) in [6, 6.07) is 4.68. The van der Waals surface area contributed by atoms with E-state index in [0.29, 0.717) is 22.8 Å². The molecule has 5 heteroatoms. The lowest BCUT2D eigenvalue weighted by Crippen LogP contribution is -2.20. The molecule has 3 nitrogen and oxygen atoms in total. The van der Waals surface area contributed by atoms with Gasteiger partial charge in [-0.1, -0.05) is 17.7 Å². The first-order valence-electron chi connectivity index (χ1n) is 6.68. The van der Waals surface area contributed by atoms with Gasteiger partial charge in [0.15, 0.2) is 0 Å². The Bertz CT molecular complexity index is 625. The van der Waals surface area contributed by atoms with Crippen LogP contribution in [-0.4, -0.2) is 9.97 Å². The molecule has 1 atom stereocenters. The summed E-state index contributed by atoms with van der Waals surface area (Å²) in [6.07, 6.45) is 4.98. The molecule has 1 heterocycles. The number of nitrogens with zero attached hydrogens (tertiary/aromatic N) is 2. The van der Waals surface area contributed by atoms with E-state index in [-0.39, 0.29) is 11.9 Å². The minimum Gasteiger partial charge on any atom is -0.324 e. The van der Waals surface area contributed by atoms with Crippen molar-refractivity contribution in [2.45, 2.75) is 31.7 Å². The summed E-state index contributed by atoms with van der Waals surface area (Å²) in [7, 11) is 0. The molecular formula is C15H15ClFN3. The SMILES string of the molecule is NC1CCCc2nc(Cc3c(F)cccc3Cl)ncc21. The summed E-state index contributed by atoms with van der Waals surface area (Å²) in [6.45, 7) is 0. The fourth-order valence-corrected chi connectivity index (χ4v) is 2.80. The Balaban J connectivity index is 1.92. The quantitative estimate of drug-likeness (QED) is 0.924. The standard InChI is InChI=1S/C15H15ClFN3/c16-11-3-1-4-12(17)9(11)7-15-19-8-10-13(18)5-2-6-14(10)20-15/h1,3-4,8,13H,2,5-7,18H2. The predicted octanol–water partition coefficient (Wildman–Crippen LogP) is 3.20. The third-order valence-electron chi connectivity index (χ3n) is 3.67. The monoisotopic (exact) mass is 291 g/mol. The number of aromatic nitrogens is 2. The van der Waals surface area contributed by atoms with Crippen molar-refractivity contribution < 1.29 is 4.39 Å². The van der Waals surface area contributed by atoms with Gasteiger partial charge in [0.05, 0.1) is 0 Å². The highest BCUT2D eigenvalue weighted by atomic mass is 35.5. The van der Waals surface area contributed by atoms with Crippen molar-refractivity contribution in [1.82, 2.24) is 9.97 Å². The number of aryl methyl sites for hydroxylation is 1. The maximum absolute atomic E-state index is 13.8. The van der Waals surface area contributed by atoms with Crippen LogP contribution in [0.3, 0.4) is 0 Å². The molecule has 2 N–H and O–H groups in total. The van der Waals surface area contributed by atoms with E-state index in [1.165, 1.54) is 6.07 Å². The molecule has 0 saturated carbocycles. The molecule has 1 aliphatic rings. The van der Waals surface area contributed by atoms with Crippen LogP contribution >= 0.6 is 11.6 Å². The minimum atomic E-state index is -0.324. The molecular weight excluding hydrogens is 277 g/mol. The molecule has 1 unspecified atom stereocenters. The molecule has 104 valence electrons. The third-order valence-corrected chi connectivity index (χ3v) is 4.03. The van der Waals surface area contributed by atoms with Gasteiger partial charge in [-0.25, -0.2) is 14.4 Å². The molecule has 0 fully saturated rings. The lowest BCUT2D eigenvalue weighted by molar-refractivity contribution is 0.552. The average molecular weight is 292 g/mol. The van der Waals surface area contributed by atoms with Crippen LogP contribution in [-0.2, 0) is 12.8 Å². The maximum atomic E-state index is 13.8. The Morgan fingerprint density at radius 3 is 3.05 bits per heavy atom. The van der Waals surface area contributed by atoms with Gasteiger partial charge in [0.2, 0.25) is 0 Å². The molecule has 0 bridgehead atoms. The number of fused-ring (bicyclic) bond motifs is 1. The van der Waals surface area contributed by atoms with Gasteiger partial charge in [-0.3, -0.25) is 0 Å². The Morgan fingerprint density at radius 2 is 2.25 bits per heavy atom. The molecule has 0 saturated heterocycles. The number of benzene rings is 1. The van der Waals surface area contributed by atoms with Crippen LogP contribution in [0, 0.1) is 5.82 Å². The highest BCUT2D eigenvalue weighted by Crippen LogP contribution is 2.27. The van der Waals surface area contributed by atoms with E-state index in [1.807, 2.05) is 0 Å². The maximum Gasteiger partial charge on any atom is 0.133 e. The summed E-state index contributed by atoms with van der Waals surface area (Å²) in [5.41, 5.74) is 8.48. The fraction of sp³-hybridized carbons (Fsp3) is 0.333. The Hall–Kier alpha value is -1.52. The molecule has 0 aliphatic heterocycles. The molecule has 1 aromatic heterocycles. The third kappa shape index (κ3) is 2.53. The largest absolute Gasteiger partial charge is 0.324 e. The summed E-state index contributed by atoms with van der Waals surface area (Å²) >= 11 is 6.03. The molecule has 3 rings (SSSR count). The second-order valence-electron chi connectivity index (χ2n) is 5.06. The van der Waals surface area contributed by atoms with Crippen molar-refractivity contribution in [2.75, 3.05) is 0 Å². The molecule has 20 heavy (non-hydrogen) atoms. The summed E-state index contributed by atoms with van der Waals surface area (Å²) in [5.74, 6) is 0.264. The van der Waals surface area contributed by atoms with Crippen LogP contribution in [0.1, 0.15) is 41.5 Å². The van der Waals surface area contributed by atoms with Crippen molar-refractivity contribution in [3.8, 4) is 0 Å². The van der Waals surface area contributed by atoms with Gasteiger partial charge in [-0.2, -0.15) is 0 Å². The minimum absolute atomic E-state index is 0.0184. The summed E-state index contributed by atoms with van der Waals surface area (Å²) in [4.78, 5) is 8.83. The van der Waals surface area contributed by atoms with Crippen LogP contribution in [0.5, 0.6) is 0 Å². The van der Waals surface area contributed by atoms with Crippen molar-refractivity contribution in [1.29, 1.82) is 0 Å². The first kappa shape index (κ1) is 13.5. The zero-order chi connectivity index (χ0) is 14.1. The molecule has 2 aromatic rings. The van der Waals surface area contributed by atoms with E-state index in [0.717, 1.165) is 30.5 Å². The van der Waals surface area contributed by atoms with Gasteiger partial charge in [0.1, 0.15) is 11.6 Å². The lowest BCUT2D eigenvalue weighted by atomic mass is 9.93. The van der Waals surface area contributed by atoms with Crippen molar-refractivity contribution in [3.63, 3.8) is 0 Å². The summed E-state index contributed by atoms with van der Waals surface area (Å²) in [5, 5.41) is 0.406. The Labute approximate surface area is 122 Å². The van der Waals surface area contributed by atoms with Crippen LogP contribution in [0.2, 0.25) is 5.02 Å². The van der Waals surface area contributed by atoms with E-state index in [4.69, 9.17) is 17.3 Å². The van der Waals surface area contributed by atoms with E-state index in [1.54, 1.807) is 18.3 Å². The van der Waals surface area contributed by atoms with E-state index in [9.17, 15) is 4.39 Å². The van der Waals surface area contributed by atoms with Gasteiger partial charge < -0.3 is 5.73 Å². The molecule has 1 aliphatic carbocycles. The topological polar surface area (TPSA) is 51.8 Å². The van der Waals surface area contributed by atoms with Crippen LogP contribution in [0.4, 0.5) is 4.39 Å². The van der Waals surface area contributed by atoms with E-state index in [2.05, 4.69) is 9.97 Å². The first-order valence-corrected chi connectivity index (χ1v) is 7.06. The normalized spacial score (nSPS) is 17.9. The predicted molar refractivity (Wildman–Crippen MR) is 76.1 cm³/mol. The lowest BCUT2D eigenvalue weighted by Gasteiger charge is -2.21. The van der Waals surface area contributed by atoms with Gasteiger partial charge in [-0.15, -0.1) is 0 Å². The highest BCUT2D eigenvalue weighted by Gasteiger charge is 2.19. The number of rotatable bonds is 2. The van der Waals surface area contributed by atoms with E-state index < -0.39 is 0 Å². The zero-order valence-electron chi connectivity index (χ0n) is 10.9. The molecule has 0 spiro atoms. The van der Waals surface area contributed by atoms with Crippen LogP contribution in [0.15, 0.2) is 24.4 Å². The smallest absolute Gasteiger partial charge is 0.133 e. The zero-order valence-corrected chi connectivity index (χ0v) is 11.7. The molecule has 0 radical (unpaired) electrons. The first-order chi connectivity index (χ1) is 9.65. The molecule has 0 amide bonds. The van der Waals surface area contributed by atoms with Gasteiger partial charge in [0, 0.05) is 40.5 Å². The van der Waals surface area contributed by atoms with Crippen molar-refractivity contribution >= 4 is 11.6 Å².